The van der Waals surface area contributed by atoms with E-state index in [1.165, 1.54) is 11.8 Å². The van der Waals surface area contributed by atoms with Crippen molar-refractivity contribution < 1.29 is 14.7 Å². The first-order valence-electron chi connectivity index (χ1n) is 4.70. The Morgan fingerprint density at radius 1 is 1.50 bits per heavy atom. The van der Waals surface area contributed by atoms with Crippen molar-refractivity contribution in [2.24, 2.45) is 0 Å². The summed E-state index contributed by atoms with van der Waals surface area (Å²) in [5.74, 6) is -0.497. The first-order valence-corrected chi connectivity index (χ1v) is 5.85. The number of aliphatic carboxylic acids is 1. The zero-order valence-electron chi connectivity index (χ0n) is 8.23. The van der Waals surface area contributed by atoms with Crippen LogP contribution in [0.1, 0.15) is 19.8 Å². The number of hydrogen-bond donors (Lipinski definition) is 1. The molecule has 14 heavy (non-hydrogen) atoms. The van der Waals surface area contributed by atoms with Gasteiger partial charge in [0.25, 0.3) is 0 Å². The second-order valence-electron chi connectivity index (χ2n) is 3.46. The van der Waals surface area contributed by atoms with Crippen LogP contribution in [0.2, 0.25) is 0 Å². The first kappa shape index (κ1) is 11.4. The number of amides is 1. The van der Waals surface area contributed by atoms with Crippen molar-refractivity contribution in [3.8, 4) is 0 Å². The van der Waals surface area contributed by atoms with Gasteiger partial charge in [0.15, 0.2) is 0 Å². The summed E-state index contributed by atoms with van der Waals surface area (Å²) in [6, 6.07) is 0.327. The van der Waals surface area contributed by atoms with Gasteiger partial charge in [0.2, 0.25) is 5.91 Å². The van der Waals surface area contributed by atoms with Crippen molar-refractivity contribution in [2.45, 2.75) is 25.8 Å². The molecule has 1 rings (SSSR count). The molecule has 0 aliphatic carbocycles. The quantitative estimate of drug-likeness (QED) is 0.757. The van der Waals surface area contributed by atoms with E-state index in [0.717, 1.165) is 19.4 Å². The number of carboxylic acids is 1. The molecule has 1 saturated heterocycles. The third-order valence-electron chi connectivity index (χ3n) is 2.32. The molecule has 1 fully saturated rings. The van der Waals surface area contributed by atoms with Crippen LogP contribution in [0.4, 0.5) is 0 Å². The molecule has 1 N–H and O–H groups in total. The summed E-state index contributed by atoms with van der Waals surface area (Å²) in [5, 5.41) is 8.40. The van der Waals surface area contributed by atoms with Gasteiger partial charge in [0.1, 0.15) is 0 Å². The average molecular weight is 217 g/mol. The Kier molecular flexibility index (Phi) is 4.25. The van der Waals surface area contributed by atoms with Crippen LogP contribution in [-0.2, 0) is 9.59 Å². The maximum absolute atomic E-state index is 11.5. The lowest BCUT2D eigenvalue weighted by Gasteiger charge is -2.20. The van der Waals surface area contributed by atoms with Gasteiger partial charge in [0.05, 0.1) is 11.5 Å². The number of thioether (sulfide) groups is 1. The van der Waals surface area contributed by atoms with Crippen molar-refractivity contribution in [1.29, 1.82) is 0 Å². The molecule has 0 aromatic heterocycles. The van der Waals surface area contributed by atoms with Crippen LogP contribution < -0.4 is 0 Å². The van der Waals surface area contributed by atoms with Gasteiger partial charge in [0, 0.05) is 12.6 Å². The zero-order valence-corrected chi connectivity index (χ0v) is 9.05. The summed E-state index contributed by atoms with van der Waals surface area (Å²) in [7, 11) is 0. The SMILES string of the molecule is CC1CCCN1C(=O)CSCC(=O)O. The maximum Gasteiger partial charge on any atom is 0.313 e. The lowest BCUT2D eigenvalue weighted by atomic mass is 10.2. The Morgan fingerprint density at radius 3 is 2.71 bits per heavy atom. The van der Waals surface area contributed by atoms with Crippen LogP contribution in [0.25, 0.3) is 0 Å². The summed E-state index contributed by atoms with van der Waals surface area (Å²) in [6.07, 6.45) is 2.13. The van der Waals surface area contributed by atoms with Crippen LogP contribution in [0.5, 0.6) is 0 Å². The monoisotopic (exact) mass is 217 g/mol. The molecule has 1 unspecified atom stereocenters. The molecule has 0 radical (unpaired) electrons. The first-order chi connectivity index (χ1) is 6.61. The highest BCUT2D eigenvalue weighted by atomic mass is 32.2. The molecule has 1 atom stereocenters. The highest BCUT2D eigenvalue weighted by Crippen LogP contribution is 2.17. The summed E-state index contributed by atoms with van der Waals surface area (Å²) in [5.41, 5.74) is 0. The summed E-state index contributed by atoms with van der Waals surface area (Å²) in [6.45, 7) is 2.86. The minimum atomic E-state index is -0.864. The third-order valence-corrected chi connectivity index (χ3v) is 3.23. The van der Waals surface area contributed by atoms with E-state index in [2.05, 4.69) is 0 Å². The Bertz CT molecular complexity index is 232. The van der Waals surface area contributed by atoms with Crippen LogP contribution in [0, 0.1) is 0 Å². The Balaban J connectivity index is 2.24. The molecule has 0 spiro atoms. The van der Waals surface area contributed by atoms with E-state index >= 15 is 0 Å². The molecule has 0 aromatic carbocycles. The molecule has 1 heterocycles. The second-order valence-corrected chi connectivity index (χ2v) is 4.45. The van der Waals surface area contributed by atoms with Gasteiger partial charge in [-0.25, -0.2) is 0 Å². The van der Waals surface area contributed by atoms with Crippen molar-refractivity contribution in [3.63, 3.8) is 0 Å². The predicted octanol–water partition coefficient (Wildman–Crippen LogP) is 0.815. The number of rotatable bonds is 4. The Labute approximate surface area is 87.7 Å². The average Bonchev–Trinajstić information content (AvgIpc) is 2.50. The van der Waals surface area contributed by atoms with Crippen molar-refractivity contribution >= 4 is 23.6 Å². The van der Waals surface area contributed by atoms with Crippen molar-refractivity contribution in [3.05, 3.63) is 0 Å². The summed E-state index contributed by atoms with van der Waals surface area (Å²) < 4.78 is 0. The van der Waals surface area contributed by atoms with Gasteiger partial charge < -0.3 is 10.0 Å². The van der Waals surface area contributed by atoms with Gasteiger partial charge >= 0.3 is 5.97 Å². The summed E-state index contributed by atoms with van der Waals surface area (Å²) >= 11 is 1.17. The van der Waals surface area contributed by atoms with E-state index in [0.29, 0.717) is 6.04 Å². The molecule has 0 saturated carbocycles. The minimum Gasteiger partial charge on any atom is -0.481 e. The molecule has 4 nitrogen and oxygen atoms in total. The van der Waals surface area contributed by atoms with E-state index < -0.39 is 5.97 Å². The van der Waals surface area contributed by atoms with Crippen LogP contribution in [0.15, 0.2) is 0 Å². The molecular weight excluding hydrogens is 202 g/mol. The van der Waals surface area contributed by atoms with E-state index in [4.69, 9.17) is 5.11 Å². The Morgan fingerprint density at radius 2 is 2.21 bits per heavy atom. The molecule has 0 aromatic rings. The normalized spacial score (nSPS) is 21.2. The maximum atomic E-state index is 11.5. The highest BCUT2D eigenvalue weighted by molar-refractivity contribution is 8.00. The highest BCUT2D eigenvalue weighted by Gasteiger charge is 2.24. The number of carbonyl (C=O) groups excluding carboxylic acids is 1. The standard InChI is InChI=1S/C9H15NO3S/c1-7-3-2-4-10(7)8(11)5-14-6-9(12)13/h7H,2-6H2,1H3,(H,12,13). The minimum absolute atomic E-state index is 0.00790. The fourth-order valence-corrected chi connectivity index (χ4v) is 2.23. The molecule has 1 aliphatic heterocycles. The van der Waals surface area contributed by atoms with Gasteiger partial charge in [-0.1, -0.05) is 0 Å². The number of carbonyl (C=O) groups is 2. The second kappa shape index (κ2) is 5.24. The summed E-state index contributed by atoms with van der Waals surface area (Å²) in [4.78, 5) is 23.6. The third kappa shape index (κ3) is 3.21. The number of carboxylic acid groups (broad SMARTS) is 1. The van der Waals surface area contributed by atoms with Gasteiger partial charge in [-0.15, -0.1) is 11.8 Å². The Hall–Kier alpha value is -0.710. The van der Waals surface area contributed by atoms with E-state index in [1.54, 1.807) is 0 Å². The smallest absolute Gasteiger partial charge is 0.313 e. The molecule has 0 bridgehead atoms. The van der Waals surface area contributed by atoms with Crippen LogP contribution in [0.3, 0.4) is 0 Å². The number of nitrogens with zero attached hydrogens (tertiary/aromatic N) is 1. The largest absolute Gasteiger partial charge is 0.481 e. The molecule has 80 valence electrons. The number of hydrogen-bond acceptors (Lipinski definition) is 3. The van der Waals surface area contributed by atoms with E-state index in [9.17, 15) is 9.59 Å². The lowest BCUT2D eigenvalue weighted by molar-refractivity contribution is -0.133. The van der Waals surface area contributed by atoms with Crippen molar-refractivity contribution in [2.75, 3.05) is 18.1 Å². The fourth-order valence-electron chi connectivity index (χ4n) is 1.61. The molecule has 1 aliphatic rings. The predicted molar refractivity (Wildman–Crippen MR) is 55.4 cm³/mol. The van der Waals surface area contributed by atoms with E-state index in [-0.39, 0.29) is 17.4 Å². The topological polar surface area (TPSA) is 57.6 Å². The van der Waals surface area contributed by atoms with Gasteiger partial charge in [-0.05, 0) is 19.8 Å². The van der Waals surface area contributed by atoms with Crippen LogP contribution >= 0.6 is 11.8 Å². The van der Waals surface area contributed by atoms with Gasteiger partial charge in [-0.2, -0.15) is 0 Å². The van der Waals surface area contributed by atoms with E-state index in [1.807, 2.05) is 11.8 Å². The fraction of sp³-hybridized carbons (Fsp3) is 0.778. The molecular formula is C9H15NO3S. The lowest BCUT2D eigenvalue weighted by Crippen LogP contribution is -2.35. The van der Waals surface area contributed by atoms with Crippen molar-refractivity contribution in [1.82, 2.24) is 4.90 Å². The van der Waals surface area contributed by atoms with Crippen LogP contribution in [-0.4, -0.2) is 46.0 Å². The number of likely N-dealkylation sites (tertiary alicyclic amines) is 1. The van der Waals surface area contributed by atoms with Gasteiger partial charge in [-0.3, -0.25) is 9.59 Å². The molecule has 5 heteroatoms. The zero-order chi connectivity index (χ0) is 10.6. The molecule has 1 amide bonds.